The smallest absolute Gasteiger partial charge is 0.569 e. The maximum absolute atomic E-state index is 13.7. The van der Waals surface area contributed by atoms with Gasteiger partial charge < -0.3 is 22.4 Å². The molecule has 0 N–H and O–H groups in total. The summed E-state index contributed by atoms with van der Waals surface area (Å²) in [5.74, 6) is 0.897. The topological polar surface area (TPSA) is 29.8 Å². The van der Waals surface area contributed by atoms with Crippen LogP contribution >= 0.6 is 0 Å². The minimum absolute atomic E-state index is 0.115. The van der Waals surface area contributed by atoms with Gasteiger partial charge in [0.05, 0.1) is 18.4 Å². The molecular formula is C15H13BF2O3. The number of ether oxygens (including phenoxy) is 1. The zero-order chi connectivity index (χ0) is 15.0. The first-order valence-corrected chi connectivity index (χ1v) is 6.49. The third-order valence-corrected chi connectivity index (χ3v) is 3.25. The van der Waals surface area contributed by atoms with Crippen LogP contribution in [0.4, 0.5) is 8.63 Å². The van der Waals surface area contributed by atoms with Crippen LogP contribution in [0.1, 0.15) is 21.0 Å². The quantitative estimate of drug-likeness (QED) is 0.625. The molecule has 3 nitrogen and oxygen atoms in total. The Labute approximate surface area is 120 Å². The lowest BCUT2D eigenvalue weighted by atomic mass is 9.97. The molecule has 0 saturated heterocycles. The van der Waals surface area contributed by atoms with Crippen molar-refractivity contribution < 1.29 is 22.4 Å². The summed E-state index contributed by atoms with van der Waals surface area (Å²) in [5.41, 5.74) is 1.90. The lowest BCUT2D eigenvalue weighted by molar-refractivity contribution is -0.180. The van der Waals surface area contributed by atoms with E-state index in [1.54, 1.807) is 43.5 Å². The van der Waals surface area contributed by atoms with Crippen LogP contribution < -0.4 is 9.39 Å². The van der Waals surface area contributed by atoms with Crippen molar-refractivity contribution in [1.82, 2.24) is 0 Å². The first-order chi connectivity index (χ1) is 9.98. The van der Waals surface area contributed by atoms with Gasteiger partial charge >= 0.3 is 7.11 Å². The van der Waals surface area contributed by atoms with Crippen LogP contribution in [0.2, 0.25) is 0 Å². The second-order valence-electron chi connectivity index (χ2n) is 4.83. The minimum atomic E-state index is -4.37. The highest BCUT2D eigenvalue weighted by atomic mass is 19.3. The van der Waals surface area contributed by atoms with Gasteiger partial charge in [-0.05, 0) is 48.9 Å². The van der Waals surface area contributed by atoms with E-state index in [1.807, 2.05) is 13.0 Å². The molecule has 0 unspecified atom stereocenters. The molecule has 0 spiro atoms. The molecule has 2 aromatic rings. The van der Waals surface area contributed by atoms with Gasteiger partial charge in [-0.25, -0.2) is 0 Å². The maximum atomic E-state index is 13.7. The third kappa shape index (κ3) is 2.61. The summed E-state index contributed by atoms with van der Waals surface area (Å²) < 4.78 is 41.8. The van der Waals surface area contributed by atoms with Gasteiger partial charge in [0.15, 0.2) is 0 Å². The van der Waals surface area contributed by atoms with Crippen molar-refractivity contribution >= 4 is 12.9 Å². The van der Waals surface area contributed by atoms with E-state index >= 15 is 0 Å². The molecule has 1 aliphatic heterocycles. The Kier molecular flexibility index (Phi) is 3.16. The molecule has 0 radical (unpaired) electrons. The van der Waals surface area contributed by atoms with Gasteiger partial charge in [0, 0.05) is 0 Å². The molecule has 0 atom stereocenters. The molecule has 0 bridgehead atoms. The molecule has 0 aromatic heterocycles. The zero-order valence-corrected chi connectivity index (χ0v) is 11.6. The highest BCUT2D eigenvalue weighted by Crippen LogP contribution is 2.32. The van der Waals surface area contributed by atoms with Gasteiger partial charge in [-0.15, -0.1) is 0 Å². The first-order valence-electron chi connectivity index (χ1n) is 6.49. The van der Waals surface area contributed by atoms with Gasteiger partial charge in [0.25, 0.3) is 5.78 Å². The van der Waals surface area contributed by atoms with Gasteiger partial charge in [0.1, 0.15) is 11.3 Å². The normalized spacial score (nSPS) is 15.7. The molecule has 21 heavy (non-hydrogen) atoms. The number of methoxy groups -OCH3 is 1. The van der Waals surface area contributed by atoms with Gasteiger partial charge in [-0.2, -0.15) is 0 Å². The monoisotopic (exact) mass is 290 g/mol. The fraction of sp³-hybridized carbons (Fsp3) is 0.133. The van der Waals surface area contributed by atoms with Crippen molar-refractivity contribution in [3.05, 3.63) is 59.2 Å². The summed E-state index contributed by atoms with van der Waals surface area (Å²) >= 11 is 0. The fourth-order valence-corrected chi connectivity index (χ4v) is 2.25. The van der Waals surface area contributed by atoms with E-state index in [0.717, 1.165) is 5.56 Å². The van der Waals surface area contributed by atoms with Crippen molar-refractivity contribution in [3.63, 3.8) is 0 Å². The van der Waals surface area contributed by atoms with Crippen LogP contribution in [-0.4, -0.2) is 20.0 Å². The number of carbonyl (C=O) groups excluding carboxylic acids is 1. The average Bonchev–Trinajstić information content (AvgIpc) is 2.45. The van der Waals surface area contributed by atoms with Crippen LogP contribution in [0.15, 0.2) is 42.5 Å². The van der Waals surface area contributed by atoms with E-state index in [2.05, 4.69) is 4.65 Å². The molecule has 6 heteroatoms. The molecule has 1 heterocycles. The lowest BCUT2D eigenvalue weighted by Crippen LogP contribution is -2.36. The first kappa shape index (κ1) is 13.6. The number of benzene rings is 2. The van der Waals surface area contributed by atoms with Crippen molar-refractivity contribution in [2.75, 3.05) is 7.11 Å². The van der Waals surface area contributed by atoms with E-state index in [4.69, 9.17) is 9.08 Å². The van der Waals surface area contributed by atoms with E-state index < -0.39 is 7.11 Å². The molecule has 0 aliphatic carbocycles. The summed E-state index contributed by atoms with van der Waals surface area (Å²) in [4.78, 5) is 0. The van der Waals surface area contributed by atoms with Crippen molar-refractivity contribution in [1.29, 1.82) is 0 Å². The molecule has 108 valence electrons. The van der Waals surface area contributed by atoms with Crippen LogP contribution in [0.5, 0.6) is 11.5 Å². The fourth-order valence-electron chi connectivity index (χ4n) is 2.25. The van der Waals surface area contributed by atoms with Crippen LogP contribution in [0, 0.1) is 6.92 Å². The summed E-state index contributed by atoms with van der Waals surface area (Å²) in [5, 5.41) is 0. The largest absolute Gasteiger partial charge is 0.995 e. The minimum Gasteiger partial charge on any atom is -0.569 e. The highest BCUT2D eigenvalue weighted by Gasteiger charge is 2.54. The predicted octanol–water partition coefficient (Wildman–Crippen LogP) is 3.54. The second-order valence-corrected chi connectivity index (χ2v) is 4.83. The molecule has 2 aromatic carbocycles. The number of aryl methyl sites for hydroxylation is 1. The SMILES string of the molecule is COc1ccc(C2=[O+][B-](F)(F)Oc3cc(C)ccc32)cc1. The van der Waals surface area contributed by atoms with Crippen molar-refractivity contribution in [3.8, 4) is 11.5 Å². The average molecular weight is 290 g/mol. The van der Waals surface area contributed by atoms with E-state index in [0.29, 0.717) is 16.9 Å². The van der Waals surface area contributed by atoms with Gasteiger partial charge in [0.2, 0.25) is 0 Å². The molecule has 0 amide bonds. The Morgan fingerprint density at radius 1 is 1.10 bits per heavy atom. The Morgan fingerprint density at radius 3 is 2.48 bits per heavy atom. The lowest BCUT2D eigenvalue weighted by Gasteiger charge is -2.21. The van der Waals surface area contributed by atoms with Gasteiger partial charge in [-0.3, -0.25) is 0 Å². The van der Waals surface area contributed by atoms with Crippen LogP contribution in [0.3, 0.4) is 0 Å². The number of fused-ring (bicyclic) bond motifs is 1. The summed E-state index contributed by atoms with van der Waals surface area (Å²) in [6.07, 6.45) is 0. The van der Waals surface area contributed by atoms with E-state index in [-0.39, 0.29) is 11.5 Å². The Balaban J connectivity index is 2.12. The Hall–Kier alpha value is -2.37. The van der Waals surface area contributed by atoms with Crippen LogP contribution in [0.25, 0.3) is 0 Å². The molecule has 0 saturated carbocycles. The Morgan fingerprint density at radius 2 is 1.81 bits per heavy atom. The zero-order valence-electron chi connectivity index (χ0n) is 11.6. The molecule has 3 rings (SSSR count). The number of ketones is 1. The number of hydrogen-bond donors (Lipinski definition) is 0. The molecular weight excluding hydrogens is 277 g/mol. The highest BCUT2D eigenvalue weighted by molar-refractivity contribution is 6.52. The molecule has 0 fully saturated rings. The number of rotatable bonds is 2. The second kappa shape index (κ2) is 4.88. The maximum Gasteiger partial charge on any atom is 0.995 e. The Bertz CT molecular complexity index is 711. The predicted molar refractivity (Wildman–Crippen MR) is 76.2 cm³/mol. The summed E-state index contributed by atoms with van der Waals surface area (Å²) in [6.45, 7) is 1.82. The third-order valence-electron chi connectivity index (χ3n) is 3.25. The van der Waals surface area contributed by atoms with Crippen molar-refractivity contribution in [2.24, 2.45) is 0 Å². The van der Waals surface area contributed by atoms with Gasteiger partial charge in [-0.1, -0.05) is 6.07 Å². The van der Waals surface area contributed by atoms with E-state index in [9.17, 15) is 8.63 Å². The molecule has 1 aliphatic rings. The number of hydrogen-bond acceptors (Lipinski definition) is 2. The standard InChI is InChI=1S/C15H13BF2O3/c1-10-3-8-13-14(9-10)20-16(17,18)21-15(13)11-4-6-12(19-2)7-5-11/h3-9H,1-2H3. The van der Waals surface area contributed by atoms with Crippen LogP contribution in [-0.2, 0) is 0 Å². The number of halogens is 2. The van der Waals surface area contributed by atoms with Crippen molar-refractivity contribution in [2.45, 2.75) is 6.92 Å². The summed E-state index contributed by atoms with van der Waals surface area (Å²) in [6, 6.07) is 11.9. The van der Waals surface area contributed by atoms with E-state index in [1.165, 1.54) is 0 Å². The summed E-state index contributed by atoms with van der Waals surface area (Å²) in [7, 11) is -2.82.